The van der Waals surface area contributed by atoms with Gasteiger partial charge < -0.3 is 4.74 Å². The summed E-state index contributed by atoms with van der Waals surface area (Å²) in [6, 6.07) is 17.6. The normalized spacial score (nSPS) is 9.50. The van der Waals surface area contributed by atoms with Gasteiger partial charge in [-0.2, -0.15) is 5.26 Å². The predicted octanol–water partition coefficient (Wildman–Crippen LogP) is 3.23. The molecule has 2 aromatic rings. The molecule has 0 spiro atoms. The molecule has 0 atom stereocenters. The van der Waals surface area contributed by atoms with E-state index in [0.29, 0.717) is 11.3 Å². The number of rotatable bonds is 2. The summed E-state index contributed by atoms with van der Waals surface area (Å²) in [5, 5.41) is 9.16. The van der Waals surface area contributed by atoms with Gasteiger partial charge in [-0.25, -0.2) is 0 Å². The first kappa shape index (κ1) is 10.3. The Bertz CT molecular complexity index is 526. The third-order valence-corrected chi connectivity index (χ3v) is 2.44. The zero-order chi connectivity index (χ0) is 11.4. The Morgan fingerprint density at radius 2 is 1.75 bits per heavy atom. The monoisotopic (exact) mass is 209 g/mol. The van der Waals surface area contributed by atoms with Crippen molar-refractivity contribution in [2.45, 2.75) is 0 Å². The molecular formula is C14H11NO. The van der Waals surface area contributed by atoms with Crippen LogP contribution in [-0.4, -0.2) is 7.11 Å². The van der Waals surface area contributed by atoms with Crippen molar-refractivity contribution >= 4 is 0 Å². The highest BCUT2D eigenvalue weighted by atomic mass is 16.5. The van der Waals surface area contributed by atoms with Crippen LogP contribution in [0.4, 0.5) is 0 Å². The van der Waals surface area contributed by atoms with Crippen molar-refractivity contribution in [3.8, 4) is 22.9 Å². The van der Waals surface area contributed by atoms with Crippen LogP contribution in [0.3, 0.4) is 0 Å². The van der Waals surface area contributed by atoms with E-state index in [1.165, 1.54) is 0 Å². The smallest absolute Gasteiger partial charge is 0.137 e. The summed E-state index contributed by atoms with van der Waals surface area (Å²) in [6.07, 6.45) is 0. The van der Waals surface area contributed by atoms with E-state index in [0.717, 1.165) is 11.1 Å². The van der Waals surface area contributed by atoms with E-state index in [2.05, 4.69) is 6.07 Å². The largest absolute Gasteiger partial charge is 0.495 e. The number of ether oxygens (including phenoxy) is 1. The molecule has 0 radical (unpaired) electrons. The van der Waals surface area contributed by atoms with Gasteiger partial charge in [-0.3, -0.25) is 0 Å². The Hall–Kier alpha value is -2.27. The van der Waals surface area contributed by atoms with E-state index >= 15 is 0 Å². The van der Waals surface area contributed by atoms with Gasteiger partial charge in [-0.05, 0) is 11.6 Å². The van der Waals surface area contributed by atoms with Crippen molar-refractivity contribution in [2.24, 2.45) is 0 Å². The molecular weight excluding hydrogens is 198 g/mol. The number of nitriles is 1. The fourth-order valence-corrected chi connectivity index (χ4v) is 1.67. The summed E-state index contributed by atoms with van der Waals surface area (Å²) in [6.45, 7) is 0. The van der Waals surface area contributed by atoms with Gasteiger partial charge >= 0.3 is 0 Å². The molecule has 2 heteroatoms. The lowest BCUT2D eigenvalue weighted by molar-refractivity contribution is 0.413. The first-order valence-corrected chi connectivity index (χ1v) is 4.99. The summed E-state index contributed by atoms with van der Waals surface area (Å²) in [4.78, 5) is 0. The second-order valence-corrected chi connectivity index (χ2v) is 3.36. The zero-order valence-corrected chi connectivity index (χ0v) is 8.97. The van der Waals surface area contributed by atoms with Gasteiger partial charge in [0, 0.05) is 5.56 Å². The van der Waals surface area contributed by atoms with Gasteiger partial charge in [0.05, 0.1) is 7.11 Å². The molecule has 16 heavy (non-hydrogen) atoms. The molecule has 2 aromatic carbocycles. The molecule has 0 unspecified atom stereocenters. The third-order valence-electron chi connectivity index (χ3n) is 2.44. The highest BCUT2D eigenvalue weighted by Gasteiger charge is 2.09. The number of hydrogen-bond donors (Lipinski definition) is 0. The average molecular weight is 209 g/mol. The van der Waals surface area contributed by atoms with Crippen LogP contribution >= 0.6 is 0 Å². The maximum Gasteiger partial charge on any atom is 0.137 e. The Morgan fingerprint density at radius 3 is 2.38 bits per heavy atom. The fraction of sp³-hybridized carbons (Fsp3) is 0.0714. The number of nitrogens with zero attached hydrogens (tertiary/aromatic N) is 1. The van der Waals surface area contributed by atoms with E-state index in [1.54, 1.807) is 13.2 Å². The van der Waals surface area contributed by atoms with Crippen LogP contribution < -0.4 is 4.74 Å². The van der Waals surface area contributed by atoms with E-state index < -0.39 is 0 Å². The van der Waals surface area contributed by atoms with E-state index in [4.69, 9.17) is 10.00 Å². The van der Waals surface area contributed by atoms with Crippen LogP contribution in [0.5, 0.6) is 5.75 Å². The molecule has 0 fully saturated rings. The van der Waals surface area contributed by atoms with E-state index in [-0.39, 0.29) is 0 Å². The number of benzene rings is 2. The summed E-state index contributed by atoms with van der Waals surface area (Å²) in [7, 11) is 1.57. The zero-order valence-electron chi connectivity index (χ0n) is 8.97. The Labute approximate surface area is 94.7 Å². The van der Waals surface area contributed by atoms with Crippen molar-refractivity contribution in [3.05, 3.63) is 54.1 Å². The van der Waals surface area contributed by atoms with Gasteiger partial charge in [0.25, 0.3) is 0 Å². The predicted molar refractivity (Wildman–Crippen MR) is 63.1 cm³/mol. The van der Waals surface area contributed by atoms with Crippen molar-refractivity contribution in [2.75, 3.05) is 7.11 Å². The molecule has 0 N–H and O–H groups in total. The lowest BCUT2D eigenvalue weighted by Crippen LogP contribution is -1.90. The summed E-state index contributed by atoms with van der Waals surface area (Å²) in [5.74, 6) is 0.615. The minimum Gasteiger partial charge on any atom is -0.495 e. The Morgan fingerprint density at radius 1 is 1.00 bits per heavy atom. The van der Waals surface area contributed by atoms with Crippen molar-refractivity contribution in [3.63, 3.8) is 0 Å². The van der Waals surface area contributed by atoms with Gasteiger partial charge in [0.1, 0.15) is 17.4 Å². The summed E-state index contributed by atoms with van der Waals surface area (Å²) < 4.78 is 5.18. The van der Waals surface area contributed by atoms with Gasteiger partial charge in [0.15, 0.2) is 0 Å². The van der Waals surface area contributed by atoms with Crippen molar-refractivity contribution in [1.29, 1.82) is 5.26 Å². The summed E-state index contributed by atoms with van der Waals surface area (Å²) in [5.41, 5.74) is 2.51. The molecule has 2 nitrogen and oxygen atoms in total. The van der Waals surface area contributed by atoms with Crippen LogP contribution in [0, 0.1) is 11.3 Å². The van der Waals surface area contributed by atoms with Crippen molar-refractivity contribution in [1.82, 2.24) is 0 Å². The van der Waals surface area contributed by atoms with Crippen LogP contribution in [0.15, 0.2) is 48.5 Å². The quantitative estimate of drug-likeness (QED) is 0.760. The lowest BCUT2D eigenvalue weighted by atomic mass is 10.00. The van der Waals surface area contributed by atoms with Crippen LogP contribution in [0.2, 0.25) is 0 Å². The average Bonchev–Trinajstić information content (AvgIpc) is 2.38. The highest BCUT2D eigenvalue weighted by Crippen LogP contribution is 2.29. The van der Waals surface area contributed by atoms with Crippen LogP contribution in [0.25, 0.3) is 11.1 Å². The molecule has 0 bridgehead atoms. The molecule has 0 aliphatic heterocycles. The molecule has 0 aromatic heterocycles. The van der Waals surface area contributed by atoms with Crippen molar-refractivity contribution < 1.29 is 4.74 Å². The molecule has 0 aliphatic rings. The Balaban J connectivity index is 2.63. The second kappa shape index (κ2) is 4.50. The van der Waals surface area contributed by atoms with Gasteiger partial charge in [-0.15, -0.1) is 0 Å². The molecule has 0 saturated heterocycles. The van der Waals surface area contributed by atoms with Crippen LogP contribution in [0.1, 0.15) is 5.56 Å². The molecule has 0 saturated carbocycles. The van der Waals surface area contributed by atoms with E-state index in [1.807, 2.05) is 42.5 Å². The molecule has 78 valence electrons. The Kier molecular flexibility index (Phi) is 2.88. The van der Waals surface area contributed by atoms with Gasteiger partial charge in [0.2, 0.25) is 0 Å². The number of hydrogen-bond acceptors (Lipinski definition) is 2. The lowest BCUT2D eigenvalue weighted by Gasteiger charge is -2.08. The first-order valence-electron chi connectivity index (χ1n) is 4.99. The standard InChI is InChI=1S/C14H11NO/c1-16-14-9-5-8-12(13(14)10-15)11-6-3-2-4-7-11/h2-9H,1H3. The topological polar surface area (TPSA) is 33.0 Å². The first-order chi connectivity index (χ1) is 7.86. The maximum atomic E-state index is 9.16. The second-order valence-electron chi connectivity index (χ2n) is 3.36. The third kappa shape index (κ3) is 1.76. The SMILES string of the molecule is COc1cccc(-c2ccccc2)c1C#N. The minimum absolute atomic E-state index is 0.580. The van der Waals surface area contributed by atoms with Gasteiger partial charge in [-0.1, -0.05) is 42.5 Å². The fourth-order valence-electron chi connectivity index (χ4n) is 1.67. The molecule has 0 heterocycles. The highest BCUT2D eigenvalue weighted by molar-refractivity contribution is 5.73. The summed E-state index contributed by atoms with van der Waals surface area (Å²) >= 11 is 0. The number of methoxy groups -OCH3 is 1. The molecule has 0 amide bonds. The van der Waals surface area contributed by atoms with Crippen LogP contribution in [-0.2, 0) is 0 Å². The molecule has 0 aliphatic carbocycles. The molecule has 2 rings (SSSR count). The van der Waals surface area contributed by atoms with E-state index in [9.17, 15) is 0 Å². The maximum absolute atomic E-state index is 9.16. The minimum atomic E-state index is 0.580.